The van der Waals surface area contributed by atoms with Gasteiger partial charge in [0.15, 0.2) is 0 Å². The van der Waals surface area contributed by atoms with Crippen LogP contribution in [-0.4, -0.2) is 9.97 Å². The number of anilines is 1. The monoisotopic (exact) mass is 204 g/mol. The Morgan fingerprint density at radius 1 is 1.43 bits per heavy atom. The number of hydrogen-bond donors (Lipinski definition) is 2. The third kappa shape index (κ3) is 1.77. The summed E-state index contributed by atoms with van der Waals surface area (Å²) in [4.78, 5) is 4.12. The predicted octanol–water partition coefficient (Wildman–Crippen LogP) is 3.32. The van der Waals surface area contributed by atoms with Crippen molar-refractivity contribution in [2.75, 3.05) is 5.32 Å². The molecule has 2 rings (SSSR count). The van der Waals surface area contributed by atoms with Crippen LogP contribution in [0.1, 0.15) is 13.3 Å². The van der Waals surface area contributed by atoms with Crippen LogP contribution in [-0.2, 0) is 0 Å². The summed E-state index contributed by atoms with van der Waals surface area (Å²) in [5, 5.41) is 4.36. The highest BCUT2D eigenvalue weighted by molar-refractivity contribution is 7.80. The molecule has 2 aromatic rings. The molecular weight excluding hydrogens is 192 g/mol. The number of rotatable bonds is 2. The van der Waals surface area contributed by atoms with Crippen molar-refractivity contribution in [3.8, 4) is 0 Å². The number of thiocarbonyl (C=S) groups is 1. The molecule has 72 valence electrons. The van der Waals surface area contributed by atoms with Gasteiger partial charge < -0.3 is 10.3 Å². The van der Waals surface area contributed by atoms with Crippen molar-refractivity contribution in [2.24, 2.45) is 0 Å². The zero-order chi connectivity index (χ0) is 9.97. The maximum atomic E-state index is 5.11. The highest BCUT2D eigenvalue weighted by Crippen LogP contribution is 2.18. The molecule has 0 saturated heterocycles. The number of aromatic amines is 1. The van der Waals surface area contributed by atoms with E-state index in [-0.39, 0.29) is 0 Å². The molecule has 0 amide bonds. The highest BCUT2D eigenvalue weighted by atomic mass is 32.1. The van der Waals surface area contributed by atoms with E-state index in [1.54, 1.807) is 0 Å². The Labute approximate surface area is 88.3 Å². The van der Waals surface area contributed by atoms with E-state index < -0.39 is 0 Å². The first kappa shape index (κ1) is 9.21. The van der Waals surface area contributed by atoms with E-state index in [1.165, 1.54) is 5.39 Å². The molecule has 0 aliphatic heterocycles. The lowest BCUT2D eigenvalue weighted by molar-refractivity contribution is 1.30. The molecule has 0 aliphatic rings. The largest absolute Gasteiger partial charge is 0.341 e. The van der Waals surface area contributed by atoms with Crippen molar-refractivity contribution < 1.29 is 0 Å². The van der Waals surface area contributed by atoms with E-state index >= 15 is 0 Å². The minimum Gasteiger partial charge on any atom is -0.341 e. The summed E-state index contributed by atoms with van der Waals surface area (Å²) >= 11 is 5.11. The zero-order valence-electron chi connectivity index (χ0n) is 8.00. The van der Waals surface area contributed by atoms with Crippen LogP contribution < -0.4 is 5.32 Å². The Morgan fingerprint density at radius 3 is 2.93 bits per heavy atom. The molecule has 0 spiro atoms. The van der Waals surface area contributed by atoms with Gasteiger partial charge in [0, 0.05) is 10.9 Å². The van der Waals surface area contributed by atoms with Crippen LogP contribution in [0.3, 0.4) is 0 Å². The summed E-state index contributed by atoms with van der Waals surface area (Å²) in [5.41, 5.74) is 1.13. The number of H-pyrrole nitrogens is 1. The van der Waals surface area contributed by atoms with Crippen LogP contribution in [0.2, 0.25) is 0 Å². The lowest BCUT2D eigenvalue weighted by Crippen LogP contribution is -2.06. The number of hydrogen-bond acceptors (Lipinski definition) is 1. The van der Waals surface area contributed by atoms with E-state index in [0.29, 0.717) is 0 Å². The molecule has 14 heavy (non-hydrogen) atoms. The maximum Gasteiger partial charge on any atom is 0.109 e. The molecule has 1 aromatic carbocycles. The van der Waals surface area contributed by atoms with Crippen LogP contribution in [0.5, 0.6) is 0 Å². The Hall–Kier alpha value is -1.35. The van der Waals surface area contributed by atoms with Crippen molar-refractivity contribution in [3.05, 3.63) is 30.3 Å². The van der Waals surface area contributed by atoms with Gasteiger partial charge in [0.1, 0.15) is 5.82 Å². The van der Waals surface area contributed by atoms with Crippen molar-refractivity contribution in [1.29, 1.82) is 0 Å². The topological polar surface area (TPSA) is 27.8 Å². The quantitative estimate of drug-likeness (QED) is 0.734. The average molecular weight is 204 g/mol. The van der Waals surface area contributed by atoms with Gasteiger partial charge in [-0.2, -0.15) is 0 Å². The summed E-state index contributed by atoms with van der Waals surface area (Å²) in [6.07, 6.45) is 0.866. The molecule has 2 nitrogen and oxygen atoms in total. The second kappa shape index (κ2) is 3.80. The summed E-state index contributed by atoms with van der Waals surface area (Å²) in [7, 11) is 0. The predicted molar refractivity (Wildman–Crippen MR) is 64.8 cm³/mol. The molecular formula is C11H12N2S. The zero-order valence-corrected chi connectivity index (χ0v) is 8.82. The summed E-state index contributed by atoms with van der Waals surface area (Å²) in [6.45, 7) is 2.04. The van der Waals surface area contributed by atoms with E-state index in [0.717, 1.165) is 22.7 Å². The Bertz CT molecular complexity index is 426. The molecule has 0 radical (unpaired) electrons. The molecule has 0 fully saturated rings. The average Bonchev–Trinajstić information content (AvgIpc) is 2.59. The smallest absolute Gasteiger partial charge is 0.109 e. The molecule has 0 unspecified atom stereocenters. The number of benzene rings is 1. The Balaban J connectivity index is 2.31. The first-order chi connectivity index (χ1) is 6.79. The van der Waals surface area contributed by atoms with E-state index in [2.05, 4.69) is 28.5 Å². The fourth-order valence-electron chi connectivity index (χ4n) is 1.38. The van der Waals surface area contributed by atoms with Gasteiger partial charge in [0.05, 0.1) is 4.99 Å². The van der Waals surface area contributed by atoms with Crippen LogP contribution in [0.25, 0.3) is 10.9 Å². The SMILES string of the molecule is CCC(=S)Nc1cc2ccccc2[nH]1. The summed E-state index contributed by atoms with van der Waals surface area (Å²) in [6, 6.07) is 10.2. The standard InChI is InChI=1S/C11H12N2S/c1-2-11(14)13-10-7-8-5-3-4-6-9(8)12-10/h3-7,12H,2H2,1H3,(H,13,14). The van der Waals surface area contributed by atoms with E-state index in [4.69, 9.17) is 12.2 Å². The van der Waals surface area contributed by atoms with Crippen molar-refractivity contribution in [1.82, 2.24) is 4.98 Å². The van der Waals surface area contributed by atoms with Crippen LogP contribution in [0.4, 0.5) is 5.82 Å². The minimum atomic E-state index is 0.858. The summed E-state index contributed by atoms with van der Waals surface area (Å²) in [5.74, 6) is 0.970. The third-order valence-corrected chi connectivity index (χ3v) is 2.52. The van der Waals surface area contributed by atoms with Gasteiger partial charge in [-0.25, -0.2) is 0 Å². The van der Waals surface area contributed by atoms with Crippen molar-refractivity contribution >= 4 is 33.9 Å². The molecule has 2 N–H and O–H groups in total. The van der Waals surface area contributed by atoms with Gasteiger partial charge in [-0.05, 0) is 18.6 Å². The van der Waals surface area contributed by atoms with Crippen molar-refractivity contribution in [3.63, 3.8) is 0 Å². The van der Waals surface area contributed by atoms with Gasteiger partial charge in [0.25, 0.3) is 0 Å². The number of nitrogens with one attached hydrogen (secondary N) is 2. The molecule has 1 heterocycles. The molecule has 3 heteroatoms. The van der Waals surface area contributed by atoms with Gasteiger partial charge in [-0.3, -0.25) is 0 Å². The molecule has 0 atom stereocenters. The molecule has 1 aromatic heterocycles. The van der Waals surface area contributed by atoms with E-state index in [9.17, 15) is 0 Å². The number of aromatic nitrogens is 1. The first-order valence-electron chi connectivity index (χ1n) is 4.67. The van der Waals surface area contributed by atoms with E-state index in [1.807, 2.05) is 19.1 Å². The molecule has 0 bridgehead atoms. The van der Waals surface area contributed by atoms with Crippen LogP contribution in [0.15, 0.2) is 30.3 Å². The fraction of sp³-hybridized carbons (Fsp3) is 0.182. The fourth-order valence-corrected chi connectivity index (χ4v) is 1.49. The number of para-hydroxylation sites is 1. The lowest BCUT2D eigenvalue weighted by atomic mass is 10.2. The van der Waals surface area contributed by atoms with Gasteiger partial charge >= 0.3 is 0 Å². The second-order valence-electron chi connectivity index (χ2n) is 3.17. The first-order valence-corrected chi connectivity index (χ1v) is 5.08. The van der Waals surface area contributed by atoms with Gasteiger partial charge in [0.2, 0.25) is 0 Å². The Morgan fingerprint density at radius 2 is 2.21 bits per heavy atom. The molecule has 0 saturated carbocycles. The maximum absolute atomic E-state index is 5.11. The summed E-state index contributed by atoms with van der Waals surface area (Å²) < 4.78 is 0. The third-order valence-electron chi connectivity index (χ3n) is 2.13. The van der Waals surface area contributed by atoms with Crippen molar-refractivity contribution in [2.45, 2.75) is 13.3 Å². The van der Waals surface area contributed by atoms with Gasteiger partial charge in [-0.1, -0.05) is 37.3 Å². The Kier molecular flexibility index (Phi) is 2.50. The van der Waals surface area contributed by atoms with Crippen LogP contribution >= 0.6 is 12.2 Å². The highest BCUT2D eigenvalue weighted by Gasteiger charge is 1.99. The number of fused-ring (bicyclic) bond motifs is 1. The lowest BCUT2D eigenvalue weighted by Gasteiger charge is -2.00. The van der Waals surface area contributed by atoms with Gasteiger partial charge in [-0.15, -0.1) is 0 Å². The normalized spacial score (nSPS) is 10.4. The van der Waals surface area contributed by atoms with Crippen LogP contribution in [0, 0.1) is 0 Å². The second-order valence-corrected chi connectivity index (χ2v) is 3.66. The minimum absolute atomic E-state index is 0.858. The molecule has 0 aliphatic carbocycles.